The Bertz CT molecular complexity index is 1080. The van der Waals surface area contributed by atoms with Crippen molar-refractivity contribution >= 4 is 11.9 Å². The molecule has 0 radical (unpaired) electrons. The molecule has 11 heteroatoms. The van der Waals surface area contributed by atoms with Crippen molar-refractivity contribution in [1.82, 2.24) is 36.0 Å². The number of hydrogen-bond acceptors (Lipinski definition) is 6. The Morgan fingerprint density at radius 1 is 1.12 bits per heavy atom. The lowest BCUT2D eigenvalue weighted by molar-refractivity contribution is -0.132. The molecule has 12 atom stereocenters. The van der Waals surface area contributed by atoms with E-state index >= 15 is 8.78 Å². The summed E-state index contributed by atoms with van der Waals surface area (Å²) >= 11 is 0. The number of urea groups is 1. The summed E-state index contributed by atoms with van der Waals surface area (Å²) in [5.41, 5.74) is 0. The highest BCUT2D eigenvalue weighted by Crippen LogP contribution is 2.42. The van der Waals surface area contributed by atoms with Gasteiger partial charge in [-0.25, -0.2) is 13.6 Å². The Morgan fingerprint density at radius 2 is 1.93 bits per heavy atom. The number of fused-ring (bicyclic) bond motifs is 5. The summed E-state index contributed by atoms with van der Waals surface area (Å²) in [7, 11) is 0. The number of halogens is 2. The third-order valence-corrected chi connectivity index (χ3v) is 11.3. The fraction of sp³-hybridized carbons (Fsp3) is 0.812. The van der Waals surface area contributed by atoms with E-state index in [-0.39, 0.29) is 60.3 Å². The predicted molar refractivity (Wildman–Crippen MR) is 163 cm³/mol. The summed E-state index contributed by atoms with van der Waals surface area (Å²) < 4.78 is 32.3. The number of piperidine rings is 2. The van der Waals surface area contributed by atoms with Crippen molar-refractivity contribution < 1.29 is 18.4 Å². The normalized spacial score (nSPS) is 44.7. The van der Waals surface area contributed by atoms with E-state index in [4.69, 9.17) is 0 Å². The minimum Gasteiger partial charge on any atom is -0.336 e. The fourth-order valence-corrected chi connectivity index (χ4v) is 9.24. The van der Waals surface area contributed by atoms with Crippen LogP contribution in [0.15, 0.2) is 24.8 Å². The Kier molecular flexibility index (Phi) is 9.16. The van der Waals surface area contributed by atoms with Crippen LogP contribution >= 0.6 is 0 Å². The van der Waals surface area contributed by atoms with Crippen molar-refractivity contribution in [2.75, 3.05) is 32.7 Å². The highest BCUT2D eigenvalue weighted by Gasteiger charge is 2.57. The van der Waals surface area contributed by atoms with Crippen LogP contribution in [-0.4, -0.2) is 114 Å². The van der Waals surface area contributed by atoms with Crippen LogP contribution in [0.2, 0.25) is 0 Å². The maximum atomic E-state index is 16.5. The van der Waals surface area contributed by atoms with Crippen molar-refractivity contribution in [2.24, 2.45) is 23.7 Å². The lowest BCUT2D eigenvalue weighted by Crippen LogP contribution is -2.80. The van der Waals surface area contributed by atoms with Crippen molar-refractivity contribution in [3.8, 4) is 0 Å². The van der Waals surface area contributed by atoms with E-state index in [1.165, 1.54) is 6.08 Å². The number of hydrogen-bond donors (Lipinski definition) is 4. The number of carbonyl (C=O) groups is 2. The van der Waals surface area contributed by atoms with Crippen molar-refractivity contribution in [3.63, 3.8) is 0 Å². The summed E-state index contributed by atoms with van der Waals surface area (Å²) in [6, 6.07) is -1.06. The van der Waals surface area contributed by atoms with Gasteiger partial charge in [0.25, 0.3) is 0 Å². The molecule has 5 heterocycles. The molecule has 4 saturated heterocycles. The summed E-state index contributed by atoms with van der Waals surface area (Å²) in [4.78, 5) is 32.7. The molecule has 4 N–H and O–H groups in total. The largest absolute Gasteiger partial charge is 0.336 e. The van der Waals surface area contributed by atoms with Crippen LogP contribution in [0.1, 0.15) is 52.9 Å². The monoisotopic (exact) mass is 603 g/mol. The summed E-state index contributed by atoms with van der Waals surface area (Å²) in [5, 5.41) is 14.3. The number of nitrogens with one attached hydrogen (secondary N) is 4. The number of alkyl halides is 2. The Morgan fingerprint density at radius 3 is 2.67 bits per heavy atom. The van der Waals surface area contributed by atoms with Crippen LogP contribution in [0.3, 0.4) is 0 Å². The quantitative estimate of drug-likeness (QED) is 0.293. The van der Waals surface area contributed by atoms with E-state index in [0.29, 0.717) is 32.6 Å². The minimum atomic E-state index is -1.25. The van der Waals surface area contributed by atoms with Crippen LogP contribution in [0.4, 0.5) is 13.6 Å². The third-order valence-electron chi connectivity index (χ3n) is 11.3. The first kappa shape index (κ1) is 30.9. The minimum absolute atomic E-state index is 0.0332. The Balaban J connectivity index is 1.39. The molecule has 240 valence electrons. The second kappa shape index (κ2) is 12.7. The highest BCUT2D eigenvalue weighted by atomic mass is 19.1. The van der Waals surface area contributed by atoms with E-state index in [2.05, 4.69) is 65.7 Å². The van der Waals surface area contributed by atoms with Gasteiger partial charge < -0.3 is 25.8 Å². The molecule has 5 aliphatic heterocycles. The van der Waals surface area contributed by atoms with E-state index in [9.17, 15) is 9.59 Å². The van der Waals surface area contributed by atoms with Gasteiger partial charge in [-0.05, 0) is 57.6 Å². The number of piperazine rings is 1. The predicted octanol–water partition coefficient (Wildman–Crippen LogP) is 2.37. The van der Waals surface area contributed by atoms with Gasteiger partial charge in [0.15, 0.2) is 0 Å². The van der Waals surface area contributed by atoms with Gasteiger partial charge in [-0.2, -0.15) is 0 Å². The lowest BCUT2D eigenvalue weighted by atomic mass is 9.71. The molecule has 0 aromatic heterocycles. The van der Waals surface area contributed by atoms with Gasteiger partial charge in [-0.3, -0.25) is 15.0 Å². The molecule has 3 amide bonds. The Labute approximate surface area is 255 Å². The molecule has 11 unspecified atom stereocenters. The third kappa shape index (κ3) is 5.75. The first-order valence-corrected chi connectivity index (χ1v) is 16.6. The Hall–Kier alpha value is -2.08. The molecule has 2 bridgehead atoms. The SMILES string of the molecule is C=CC(=O)N1CCN(C2NC(=O)N3C4NC(C(F)CC42)C2C(F)CCCC2NC/C=C/C2CCNC(C(C)C)C23)[C@@H](C)C1. The van der Waals surface area contributed by atoms with E-state index in [1.807, 2.05) is 4.90 Å². The molecule has 0 aromatic carbocycles. The van der Waals surface area contributed by atoms with Gasteiger partial charge in [-0.15, -0.1) is 0 Å². The van der Waals surface area contributed by atoms with Crippen LogP contribution in [-0.2, 0) is 4.79 Å². The van der Waals surface area contributed by atoms with E-state index in [0.717, 1.165) is 25.8 Å². The second-order valence-electron chi connectivity index (χ2n) is 14.1. The maximum absolute atomic E-state index is 16.5. The molecule has 9 nitrogen and oxygen atoms in total. The first-order valence-electron chi connectivity index (χ1n) is 16.6. The van der Waals surface area contributed by atoms with Gasteiger partial charge in [0, 0.05) is 68.1 Å². The van der Waals surface area contributed by atoms with Crippen LogP contribution in [0, 0.1) is 23.7 Å². The molecule has 6 rings (SSSR count). The zero-order valence-electron chi connectivity index (χ0n) is 25.9. The van der Waals surface area contributed by atoms with Gasteiger partial charge in [0.05, 0.1) is 18.4 Å². The fourth-order valence-electron chi connectivity index (χ4n) is 9.24. The molecule has 5 fully saturated rings. The molecule has 1 saturated carbocycles. The molecular weight excluding hydrogens is 552 g/mol. The van der Waals surface area contributed by atoms with Gasteiger partial charge in [0.2, 0.25) is 5.91 Å². The first-order chi connectivity index (χ1) is 20.7. The van der Waals surface area contributed by atoms with Crippen molar-refractivity contribution in [3.05, 3.63) is 24.8 Å². The lowest BCUT2D eigenvalue weighted by Gasteiger charge is -2.60. The van der Waals surface area contributed by atoms with E-state index in [1.54, 1.807) is 4.90 Å². The average molecular weight is 604 g/mol. The average Bonchev–Trinajstić information content (AvgIpc) is 2.98. The molecule has 43 heavy (non-hydrogen) atoms. The van der Waals surface area contributed by atoms with E-state index < -0.39 is 36.6 Å². The van der Waals surface area contributed by atoms with Crippen molar-refractivity contribution in [1.29, 1.82) is 0 Å². The van der Waals surface area contributed by atoms with Crippen LogP contribution < -0.4 is 21.3 Å². The number of carbonyl (C=O) groups excluding carboxylic acids is 2. The smallest absolute Gasteiger partial charge is 0.320 e. The van der Waals surface area contributed by atoms with Crippen LogP contribution in [0.25, 0.3) is 0 Å². The molecule has 1 aliphatic carbocycles. The van der Waals surface area contributed by atoms with Crippen LogP contribution in [0.5, 0.6) is 0 Å². The molecule has 0 aromatic rings. The zero-order chi connectivity index (χ0) is 30.4. The topological polar surface area (TPSA) is 92.0 Å². The number of amides is 3. The summed E-state index contributed by atoms with van der Waals surface area (Å²) in [6.45, 7) is 13.1. The van der Waals surface area contributed by atoms with Gasteiger partial charge in [0.1, 0.15) is 12.3 Å². The van der Waals surface area contributed by atoms with Crippen molar-refractivity contribution in [2.45, 2.75) is 108 Å². The summed E-state index contributed by atoms with van der Waals surface area (Å²) in [5.74, 6) is -0.432. The van der Waals surface area contributed by atoms with Gasteiger partial charge in [-0.1, -0.05) is 32.6 Å². The zero-order valence-corrected chi connectivity index (χ0v) is 25.9. The maximum Gasteiger partial charge on any atom is 0.320 e. The van der Waals surface area contributed by atoms with Gasteiger partial charge >= 0.3 is 6.03 Å². The summed E-state index contributed by atoms with van der Waals surface area (Å²) in [6.07, 6.45) is 5.75. The molecule has 0 spiro atoms. The standard InChI is InChI=1S/C32H51F2N7O2/c1-5-25(42)39-14-15-40(19(4)17-39)30-21-16-23(34)28-26-22(33)9-6-10-24(26)35-12-7-8-20-11-13-36-27(18(2)3)29(20)41(31(21)37-28)32(43)38-30/h5,7-8,18-24,26-31,35-37H,1,6,9-17H2,2-4H3,(H,38,43)/b8-7+/t19-,20?,21?,22?,23?,24?,26?,27?,28?,29?,30?,31?/m0/s1. The number of nitrogens with zero attached hydrogens (tertiary/aromatic N) is 3. The number of rotatable bonds is 3. The molecular formula is C32H51F2N7O2. The molecule has 6 aliphatic rings. The second-order valence-corrected chi connectivity index (χ2v) is 14.1. The highest BCUT2D eigenvalue weighted by molar-refractivity contribution is 5.87.